The average molecular weight is 360 g/mol. The normalized spacial score (nSPS) is 13.8. The monoisotopic (exact) mass is 360 g/mol. The first-order chi connectivity index (χ1) is 12.6. The van der Waals surface area contributed by atoms with Crippen LogP contribution in [0, 0.1) is 5.82 Å². The molecule has 0 aliphatic carbocycles. The summed E-state index contributed by atoms with van der Waals surface area (Å²) in [5.74, 6) is 0.906. The highest BCUT2D eigenvalue weighted by Crippen LogP contribution is 2.13. The topological polar surface area (TPSA) is 78.8 Å². The van der Waals surface area contributed by atoms with E-state index in [1.54, 1.807) is 36.7 Å². The maximum Gasteiger partial charge on any atom is 0.191 e. The summed E-state index contributed by atoms with van der Waals surface area (Å²) in [6, 6.07) is 9.44. The predicted molar refractivity (Wildman–Crippen MR) is 99.7 cm³/mol. The van der Waals surface area contributed by atoms with E-state index >= 15 is 0 Å². The van der Waals surface area contributed by atoms with Gasteiger partial charge in [-0.05, 0) is 55.8 Å². The second-order valence-corrected chi connectivity index (χ2v) is 5.78. The van der Waals surface area contributed by atoms with Crippen molar-refractivity contribution >= 4 is 5.96 Å². The van der Waals surface area contributed by atoms with Gasteiger partial charge in [-0.25, -0.2) is 4.39 Å². The van der Waals surface area contributed by atoms with Crippen LogP contribution < -0.4 is 15.4 Å². The first kappa shape index (κ1) is 19.7. The molecule has 0 spiro atoms. The van der Waals surface area contributed by atoms with Crippen LogP contribution in [0.4, 0.5) is 4.39 Å². The highest BCUT2D eigenvalue weighted by atomic mass is 19.1. The number of aliphatic hydroxyl groups is 1. The number of aliphatic hydroxyl groups excluding tert-OH is 1. The Kier molecular flexibility index (Phi) is 7.82. The number of nitrogens with zero attached hydrogens (tertiary/aromatic N) is 2. The Balaban J connectivity index is 1.85. The Hall–Kier alpha value is -2.67. The zero-order valence-electron chi connectivity index (χ0n) is 15.0. The van der Waals surface area contributed by atoms with Crippen molar-refractivity contribution < 1.29 is 14.2 Å². The number of pyridine rings is 1. The molecule has 0 fully saturated rings. The summed E-state index contributed by atoms with van der Waals surface area (Å²) in [5, 5.41) is 16.5. The molecule has 3 N–H and O–H groups in total. The van der Waals surface area contributed by atoms with E-state index in [0.29, 0.717) is 24.8 Å². The van der Waals surface area contributed by atoms with Crippen molar-refractivity contribution in [3.05, 3.63) is 60.2 Å². The van der Waals surface area contributed by atoms with Gasteiger partial charge in [-0.3, -0.25) is 9.98 Å². The molecule has 2 atom stereocenters. The maximum atomic E-state index is 12.9. The number of benzene rings is 1. The fraction of sp³-hybridized carbons (Fsp3) is 0.368. The molecule has 6 nitrogen and oxygen atoms in total. The lowest BCUT2D eigenvalue weighted by Gasteiger charge is -2.18. The van der Waals surface area contributed by atoms with Crippen LogP contribution >= 0.6 is 0 Å². The van der Waals surface area contributed by atoms with Crippen molar-refractivity contribution in [1.82, 2.24) is 15.6 Å². The molecular formula is C19H25FN4O2. The SMILES string of the molecule is CCNC(=NCC(O)c1ccncc1)NCC(C)Oc1ccc(F)cc1. The van der Waals surface area contributed by atoms with Crippen molar-refractivity contribution in [3.63, 3.8) is 0 Å². The average Bonchev–Trinajstić information content (AvgIpc) is 2.66. The quantitative estimate of drug-likeness (QED) is 0.497. The lowest BCUT2D eigenvalue weighted by Crippen LogP contribution is -2.42. The third kappa shape index (κ3) is 6.68. The van der Waals surface area contributed by atoms with Gasteiger partial charge < -0.3 is 20.5 Å². The molecule has 0 radical (unpaired) electrons. The van der Waals surface area contributed by atoms with Gasteiger partial charge in [0.15, 0.2) is 5.96 Å². The van der Waals surface area contributed by atoms with Gasteiger partial charge in [-0.2, -0.15) is 0 Å². The number of halogens is 1. The standard InChI is InChI=1S/C19H25FN4O2/c1-3-22-19(24-13-18(25)15-8-10-21-11-9-15)23-12-14(2)26-17-6-4-16(20)5-7-17/h4-11,14,18,25H,3,12-13H2,1-2H3,(H2,22,23,24). The number of guanidine groups is 1. The van der Waals surface area contributed by atoms with E-state index in [2.05, 4.69) is 20.6 Å². The Morgan fingerprint density at radius 1 is 1.19 bits per heavy atom. The summed E-state index contributed by atoms with van der Waals surface area (Å²) in [7, 11) is 0. The van der Waals surface area contributed by atoms with Crippen LogP contribution in [0.2, 0.25) is 0 Å². The molecular weight excluding hydrogens is 335 g/mol. The van der Waals surface area contributed by atoms with E-state index in [9.17, 15) is 9.50 Å². The largest absolute Gasteiger partial charge is 0.489 e. The molecule has 1 aromatic carbocycles. The van der Waals surface area contributed by atoms with Crippen molar-refractivity contribution in [3.8, 4) is 5.75 Å². The molecule has 26 heavy (non-hydrogen) atoms. The number of ether oxygens (including phenoxy) is 1. The molecule has 0 saturated carbocycles. The van der Waals surface area contributed by atoms with Crippen LogP contribution in [-0.2, 0) is 0 Å². The van der Waals surface area contributed by atoms with Crippen LogP contribution in [0.25, 0.3) is 0 Å². The fourth-order valence-electron chi connectivity index (χ4n) is 2.24. The molecule has 140 valence electrons. The lowest BCUT2D eigenvalue weighted by atomic mass is 10.1. The summed E-state index contributed by atoms with van der Waals surface area (Å²) in [6.07, 6.45) is 2.44. The Morgan fingerprint density at radius 2 is 1.88 bits per heavy atom. The van der Waals surface area contributed by atoms with E-state index in [0.717, 1.165) is 5.56 Å². The van der Waals surface area contributed by atoms with Crippen LogP contribution in [0.15, 0.2) is 53.8 Å². The van der Waals surface area contributed by atoms with Crippen LogP contribution in [-0.4, -0.2) is 41.8 Å². The molecule has 2 rings (SSSR count). The van der Waals surface area contributed by atoms with Gasteiger partial charge in [-0.15, -0.1) is 0 Å². The Bertz CT molecular complexity index is 680. The van der Waals surface area contributed by atoms with Gasteiger partial charge in [0.25, 0.3) is 0 Å². The highest BCUT2D eigenvalue weighted by Gasteiger charge is 2.09. The van der Waals surface area contributed by atoms with Gasteiger partial charge in [-0.1, -0.05) is 0 Å². The van der Waals surface area contributed by atoms with E-state index in [1.165, 1.54) is 12.1 Å². The smallest absolute Gasteiger partial charge is 0.191 e. The van der Waals surface area contributed by atoms with Crippen LogP contribution in [0.1, 0.15) is 25.5 Å². The second kappa shape index (κ2) is 10.4. The number of nitrogens with one attached hydrogen (secondary N) is 2. The molecule has 0 aliphatic rings. The molecule has 0 bridgehead atoms. The predicted octanol–water partition coefficient (Wildman–Crippen LogP) is 2.28. The van der Waals surface area contributed by atoms with Gasteiger partial charge in [0, 0.05) is 18.9 Å². The van der Waals surface area contributed by atoms with Gasteiger partial charge >= 0.3 is 0 Å². The second-order valence-electron chi connectivity index (χ2n) is 5.78. The number of rotatable bonds is 8. The van der Waals surface area contributed by atoms with E-state index in [-0.39, 0.29) is 18.5 Å². The van der Waals surface area contributed by atoms with Crippen molar-refractivity contribution in [2.45, 2.75) is 26.1 Å². The summed E-state index contributed by atoms with van der Waals surface area (Å²) >= 11 is 0. The first-order valence-corrected chi connectivity index (χ1v) is 8.61. The molecule has 1 heterocycles. The maximum absolute atomic E-state index is 12.9. The molecule has 7 heteroatoms. The number of aliphatic imine (C=N–C) groups is 1. The van der Waals surface area contributed by atoms with Crippen molar-refractivity contribution in [1.29, 1.82) is 0 Å². The molecule has 1 aromatic heterocycles. The molecule has 2 aromatic rings. The van der Waals surface area contributed by atoms with Crippen LogP contribution in [0.5, 0.6) is 5.75 Å². The summed E-state index contributed by atoms with van der Waals surface area (Å²) in [4.78, 5) is 8.33. The molecule has 0 aliphatic heterocycles. The van der Waals surface area contributed by atoms with E-state index < -0.39 is 6.10 Å². The van der Waals surface area contributed by atoms with E-state index in [4.69, 9.17) is 4.74 Å². The number of hydrogen-bond acceptors (Lipinski definition) is 4. The minimum Gasteiger partial charge on any atom is -0.489 e. The minimum absolute atomic E-state index is 0.144. The van der Waals surface area contributed by atoms with Gasteiger partial charge in [0.1, 0.15) is 17.7 Å². The molecule has 0 saturated heterocycles. The van der Waals surface area contributed by atoms with Gasteiger partial charge in [0.05, 0.1) is 19.2 Å². The Labute approximate surface area is 153 Å². The van der Waals surface area contributed by atoms with E-state index in [1.807, 2.05) is 13.8 Å². The first-order valence-electron chi connectivity index (χ1n) is 8.61. The zero-order chi connectivity index (χ0) is 18.8. The zero-order valence-corrected chi connectivity index (χ0v) is 15.0. The fourth-order valence-corrected chi connectivity index (χ4v) is 2.24. The minimum atomic E-state index is -0.693. The summed E-state index contributed by atoms with van der Waals surface area (Å²) in [6.45, 7) is 5.31. The number of aromatic nitrogens is 1. The summed E-state index contributed by atoms with van der Waals surface area (Å²) < 4.78 is 18.6. The van der Waals surface area contributed by atoms with Crippen LogP contribution in [0.3, 0.4) is 0 Å². The highest BCUT2D eigenvalue weighted by molar-refractivity contribution is 5.79. The summed E-state index contributed by atoms with van der Waals surface area (Å²) in [5.41, 5.74) is 0.771. The van der Waals surface area contributed by atoms with Crippen molar-refractivity contribution in [2.24, 2.45) is 4.99 Å². The molecule has 0 amide bonds. The van der Waals surface area contributed by atoms with Gasteiger partial charge in [0.2, 0.25) is 0 Å². The lowest BCUT2D eigenvalue weighted by molar-refractivity contribution is 0.187. The third-order valence-electron chi connectivity index (χ3n) is 3.57. The Morgan fingerprint density at radius 3 is 2.54 bits per heavy atom. The third-order valence-corrected chi connectivity index (χ3v) is 3.57. The molecule has 2 unspecified atom stereocenters. The number of hydrogen-bond donors (Lipinski definition) is 3. The van der Waals surface area contributed by atoms with Crippen molar-refractivity contribution in [2.75, 3.05) is 19.6 Å².